The van der Waals surface area contributed by atoms with Crippen LogP contribution in [0.25, 0.3) is 16.5 Å². The molecule has 1 aliphatic heterocycles. The van der Waals surface area contributed by atoms with Crippen LogP contribution in [0.2, 0.25) is 0 Å². The van der Waals surface area contributed by atoms with E-state index in [1.807, 2.05) is 41.2 Å². The van der Waals surface area contributed by atoms with Gasteiger partial charge in [0.2, 0.25) is 0 Å². The molecule has 0 aliphatic carbocycles. The van der Waals surface area contributed by atoms with Crippen LogP contribution < -0.4 is 15.4 Å². The summed E-state index contributed by atoms with van der Waals surface area (Å²) in [6.45, 7) is 1.61. The number of imidazole rings is 1. The number of carbonyl (C=O) groups is 2. The van der Waals surface area contributed by atoms with Crippen LogP contribution in [0.4, 0.5) is 5.69 Å². The van der Waals surface area contributed by atoms with Crippen molar-refractivity contribution < 1.29 is 14.3 Å². The number of rotatable bonds is 8. The molecule has 0 bridgehead atoms. The molecular formula is C25H23N5O3. The largest absolute Gasteiger partial charge is 0.497 e. The number of anilines is 1. The minimum atomic E-state index is -0.442. The molecule has 0 atom stereocenters. The van der Waals surface area contributed by atoms with Crippen LogP contribution in [0, 0.1) is 0 Å². The number of amides is 2. The number of hydrogen-bond acceptors (Lipinski definition) is 5. The molecule has 0 radical (unpaired) electrons. The van der Waals surface area contributed by atoms with Crippen LogP contribution in [-0.2, 0) is 22.7 Å². The number of imide groups is 1. The molecule has 4 aromatic rings. The smallest absolute Gasteiger partial charge is 0.275 e. The second kappa shape index (κ2) is 8.66. The van der Waals surface area contributed by atoms with Crippen molar-refractivity contribution in [2.75, 3.05) is 12.4 Å². The Bertz CT molecular complexity index is 1350. The number of aromatic nitrogens is 3. The van der Waals surface area contributed by atoms with Gasteiger partial charge in [0, 0.05) is 53.8 Å². The molecule has 1 aliphatic rings. The van der Waals surface area contributed by atoms with Gasteiger partial charge in [0.1, 0.15) is 11.4 Å². The van der Waals surface area contributed by atoms with Gasteiger partial charge in [-0.25, -0.2) is 4.98 Å². The van der Waals surface area contributed by atoms with Gasteiger partial charge in [-0.15, -0.1) is 0 Å². The highest BCUT2D eigenvalue weighted by Gasteiger charge is 2.33. The summed E-state index contributed by atoms with van der Waals surface area (Å²) < 4.78 is 9.37. The summed E-state index contributed by atoms with van der Waals surface area (Å²) in [7, 11) is 1.59. The number of aryl methyl sites for hydroxylation is 2. The molecule has 0 spiro atoms. The van der Waals surface area contributed by atoms with E-state index in [9.17, 15) is 9.59 Å². The Morgan fingerprint density at radius 2 is 1.85 bits per heavy atom. The first-order valence-electron chi connectivity index (χ1n) is 10.7. The Labute approximate surface area is 190 Å². The molecule has 2 aromatic carbocycles. The highest BCUT2D eigenvalue weighted by molar-refractivity contribution is 6.38. The normalized spacial score (nSPS) is 13.6. The summed E-state index contributed by atoms with van der Waals surface area (Å²) in [5, 5.41) is 6.49. The summed E-state index contributed by atoms with van der Waals surface area (Å²) >= 11 is 0. The van der Waals surface area contributed by atoms with Gasteiger partial charge < -0.3 is 19.2 Å². The Hall–Kier alpha value is -4.33. The predicted octanol–water partition coefficient (Wildman–Crippen LogP) is 3.42. The first kappa shape index (κ1) is 20.6. The van der Waals surface area contributed by atoms with Crippen molar-refractivity contribution in [1.29, 1.82) is 0 Å². The molecule has 8 heteroatoms. The second-order valence-corrected chi connectivity index (χ2v) is 7.79. The van der Waals surface area contributed by atoms with E-state index in [2.05, 4.69) is 20.2 Å². The second-order valence-electron chi connectivity index (χ2n) is 7.79. The third-order valence-corrected chi connectivity index (χ3v) is 5.72. The van der Waals surface area contributed by atoms with E-state index in [4.69, 9.17) is 4.74 Å². The minimum absolute atomic E-state index is 0.242. The van der Waals surface area contributed by atoms with Crippen LogP contribution in [0.3, 0.4) is 0 Å². The van der Waals surface area contributed by atoms with Crippen molar-refractivity contribution in [2.45, 2.75) is 19.5 Å². The molecule has 2 aromatic heterocycles. The fourth-order valence-electron chi connectivity index (χ4n) is 4.12. The lowest BCUT2D eigenvalue weighted by molar-refractivity contribution is -0.123. The van der Waals surface area contributed by atoms with Crippen molar-refractivity contribution in [3.8, 4) is 5.75 Å². The maximum Gasteiger partial charge on any atom is 0.275 e. The van der Waals surface area contributed by atoms with Gasteiger partial charge in [0.05, 0.1) is 19.0 Å². The number of para-hydroxylation sites is 1. The zero-order chi connectivity index (χ0) is 22.8. The van der Waals surface area contributed by atoms with E-state index < -0.39 is 11.8 Å². The Morgan fingerprint density at radius 3 is 2.61 bits per heavy atom. The molecule has 33 heavy (non-hydrogen) atoms. The molecule has 0 fully saturated rings. The first-order chi connectivity index (χ1) is 16.1. The van der Waals surface area contributed by atoms with E-state index in [-0.39, 0.29) is 5.70 Å². The third kappa shape index (κ3) is 3.98. The van der Waals surface area contributed by atoms with Gasteiger partial charge in [-0.3, -0.25) is 14.9 Å². The molecular weight excluding hydrogens is 418 g/mol. The minimum Gasteiger partial charge on any atom is -0.497 e. The highest BCUT2D eigenvalue weighted by Crippen LogP contribution is 2.33. The lowest BCUT2D eigenvalue weighted by Gasteiger charge is -2.08. The average molecular weight is 441 g/mol. The number of methoxy groups -OCH3 is 1. The van der Waals surface area contributed by atoms with Gasteiger partial charge in [-0.2, -0.15) is 0 Å². The number of hydrogen-bond donors (Lipinski definition) is 2. The van der Waals surface area contributed by atoms with Crippen LogP contribution in [0.15, 0.2) is 79.1 Å². The molecule has 166 valence electrons. The Morgan fingerprint density at radius 1 is 1.03 bits per heavy atom. The Balaban J connectivity index is 1.51. The van der Waals surface area contributed by atoms with Crippen LogP contribution in [0.1, 0.15) is 12.0 Å². The van der Waals surface area contributed by atoms with E-state index in [0.717, 1.165) is 36.0 Å². The van der Waals surface area contributed by atoms with Gasteiger partial charge in [0.25, 0.3) is 11.8 Å². The molecule has 3 heterocycles. The number of nitrogens with one attached hydrogen (secondary N) is 2. The molecule has 0 unspecified atom stereocenters. The molecule has 0 saturated carbocycles. The number of nitrogens with zero attached hydrogens (tertiary/aromatic N) is 3. The van der Waals surface area contributed by atoms with Crippen molar-refractivity contribution in [3.05, 3.63) is 84.7 Å². The van der Waals surface area contributed by atoms with Crippen molar-refractivity contribution in [1.82, 2.24) is 19.4 Å². The maximum atomic E-state index is 12.8. The van der Waals surface area contributed by atoms with Crippen LogP contribution >= 0.6 is 0 Å². The molecule has 8 nitrogen and oxygen atoms in total. The van der Waals surface area contributed by atoms with Gasteiger partial charge >= 0.3 is 0 Å². The summed E-state index contributed by atoms with van der Waals surface area (Å²) in [6.07, 6.45) is 8.37. The summed E-state index contributed by atoms with van der Waals surface area (Å²) in [6, 6.07) is 15.1. The highest BCUT2D eigenvalue weighted by atomic mass is 16.5. The quantitative estimate of drug-likeness (QED) is 0.409. The van der Waals surface area contributed by atoms with E-state index >= 15 is 0 Å². The monoisotopic (exact) mass is 441 g/mol. The maximum absolute atomic E-state index is 12.8. The van der Waals surface area contributed by atoms with E-state index in [1.54, 1.807) is 43.9 Å². The van der Waals surface area contributed by atoms with Crippen molar-refractivity contribution in [2.24, 2.45) is 0 Å². The van der Waals surface area contributed by atoms with Gasteiger partial charge in [-0.05, 0) is 36.8 Å². The summed E-state index contributed by atoms with van der Waals surface area (Å²) in [4.78, 5) is 29.6. The van der Waals surface area contributed by atoms with Gasteiger partial charge in [-0.1, -0.05) is 18.2 Å². The molecule has 5 rings (SSSR count). The van der Waals surface area contributed by atoms with Crippen LogP contribution in [-0.4, -0.2) is 33.0 Å². The first-order valence-corrected chi connectivity index (χ1v) is 10.7. The lowest BCUT2D eigenvalue weighted by Crippen LogP contribution is -2.24. The topological polar surface area (TPSA) is 90.2 Å². The Kier molecular flexibility index (Phi) is 5.40. The standard InChI is InChI=1S/C25H23N5O3/c1-33-18-9-7-17(8-10-18)27-23-22(24(31)28-25(23)32)20-15-30(21-6-3-2-5-19(20)21)13-4-12-29-14-11-26-16-29/h2-3,5-11,14-16H,4,12-13H2,1H3,(H2,27,28,31,32). The molecule has 0 saturated heterocycles. The number of fused-ring (bicyclic) bond motifs is 1. The fraction of sp³-hybridized carbons (Fsp3) is 0.160. The zero-order valence-electron chi connectivity index (χ0n) is 18.1. The fourth-order valence-corrected chi connectivity index (χ4v) is 4.12. The summed E-state index contributed by atoms with van der Waals surface area (Å²) in [5.41, 5.74) is 3.03. The zero-order valence-corrected chi connectivity index (χ0v) is 18.1. The third-order valence-electron chi connectivity index (χ3n) is 5.72. The average Bonchev–Trinajstić information content (AvgIpc) is 3.54. The number of ether oxygens (including phenoxy) is 1. The molecule has 2 N–H and O–H groups in total. The number of benzene rings is 2. The lowest BCUT2D eigenvalue weighted by atomic mass is 10.0. The van der Waals surface area contributed by atoms with Gasteiger partial charge in [0.15, 0.2) is 0 Å². The van der Waals surface area contributed by atoms with Crippen LogP contribution in [0.5, 0.6) is 5.75 Å². The van der Waals surface area contributed by atoms with E-state index in [0.29, 0.717) is 17.0 Å². The SMILES string of the molecule is COc1ccc(NC2=C(c3cn(CCCn4ccnc4)c4ccccc34)C(=O)NC2=O)cc1. The van der Waals surface area contributed by atoms with Crippen molar-refractivity contribution in [3.63, 3.8) is 0 Å². The summed E-state index contributed by atoms with van der Waals surface area (Å²) in [5.74, 6) is -0.138. The van der Waals surface area contributed by atoms with E-state index in [1.165, 1.54) is 0 Å². The molecule has 2 amide bonds. The van der Waals surface area contributed by atoms with Crippen molar-refractivity contribution >= 4 is 34.0 Å². The predicted molar refractivity (Wildman–Crippen MR) is 125 cm³/mol. The number of carbonyl (C=O) groups excluding carboxylic acids is 2.